The Balaban J connectivity index is 1.44. The Morgan fingerprint density at radius 3 is 2.86 bits per heavy atom. The van der Waals surface area contributed by atoms with Gasteiger partial charge in [0.05, 0.1) is 25.5 Å². The summed E-state index contributed by atoms with van der Waals surface area (Å²) in [6.45, 7) is 3.40. The molecule has 29 heavy (non-hydrogen) atoms. The van der Waals surface area contributed by atoms with E-state index in [0.29, 0.717) is 25.4 Å². The minimum absolute atomic E-state index is 0.202. The maximum absolute atomic E-state index is 13.1. The van der Waals surface area contributed by atoms with Gasteiger partial charge in [-0.3, -0.25) is 4.79 Å². The summed E-state index contributed by atoms with van der Waals surface area (Å²) in [5.74, 6) is 0.128. The quantitative estimate of drug-likeness (QED) is 0.693. The molecule has 7 nitrogen and oxygen atoms in total. The van der Waals surface area contributed by atoms with Gasteiger partial charge in [-0.25, -0.2) is 9.07 Å². The van der Waals surface area contributed by atoms with E-state index in [1.165, 1.54) is 12.1 Å². The molecule has 1 N–H and O–H groups in total. The summed E-state index contributed by atoms with van der Waals surface area (Å²) in [6, 6.07) is 13.7. The van der Waals surface area contributed by atoms with Gasteiger partial charge in [0.1, 0.15) is 17.7 Å². The van der Waals surface area contributed by atoms with Crippen molar-refractivity contribution in [2.75, 3.05) is 6.61 Å². The number of amides is 1. The van der Waals surface area contributed by atoms with Crippen molar-refractivity contribution in [3.05, 3.63) is 76.9 Å². The van der Waals surface area contributed by atoms with E-state index in [1.807, 2.05) is 31.2 Å². The third-order valence-electron chi connectivity index (χ3n) is 4.77. The molecule has 2 aromatic carbocycles. The molecule has 0 fully saturated rings. The minimum atomic E-state index is -0.318. The zero-order valence-corrected chi connectivity index (χ0v) is 16.0. The van der Waals surface area contributed by atoms with Crippen molar-refractivity contribution in [1.29, 1.82) is 0 Å². The number of rotatable bonds is 6. The summed E-state index contributed by atoms with van der Waals surface area (Å²) in [4.78, 5) is 12.6. The van der Waals surface area contributed by atoms with Crippen LogP contribution in [0.25, 0.3) is 0 Å². The Morgan fingerprint density at radius 2 is 2.07 bits per heavy atom. The lowest BCUT2D eigenvalue weighted by atomic mass is 10.1. The molecule has 0 unspecified atom stereocenters. The first kappa shape index (κ1) is 19.1. The lowest BCUT2D eigenvalue weighted by molar-refractivity contribution is -0.00180. The average molecular weight is 396 g/mol. The molecular formula is C21H21FN4O3. The number of fused-ring (bicyclic) bond motifs is 1. The number of ether oxygens (including phenoxy) is 2. The number of nitrogens with one attached hydrogen (secondary N) is 1. The van der Waals surface area contributed by atoms with Crippen LogP contribution < -0.4 is 10.1 Å². The van der Waals surface area contributed by atoms with Gasteiger partial charge in [0.2, 0.25) is 0 Å². The Hall–Kier alpha value is -3.26. The van der Waals surface area contributed by atoms with Crippen molar-refractivity contribution in [3.63, 3.8) is 0 Å². The number of hydrogen-bond donors (Lipinski definition) is 1. The van der Waals surface area contributed by atoms with Crippen LogP contribution in [0.15, 0.2) is 48.5 Å². The molecule has 0 bridgehead atoms. The number of carbonyl (C=O) groups is 1. The second-order valence-corrected chi connectivity index (χ2v) is 6.64. The van der Waals surface area contributed by atoms with E-state index in [1.54, 1.807) is 16.8 Å². The summed E-state index contributed by atoms with van der Waals surface area (Å²) < 4.78 is 26.2. The zero-order chi connectivity index (χ0) is 20.2. The predicted molar refractivity (Wildman–Crippen MR) is 103 cm³/mol. The highest BCUT2D eigenvalue weighted by Crippen LogP contribution is 2.27. The first-order valence-corrected chi connectivity index (χ1v) is 9.44. The molecule has 1 aliphatic heterocycles. The number of carbonyl (C=O) groups excluding carboxylic acids is 1. The van der Waals surface area contributed by atoms with Gasteiger partial charge in [-0.15, -0.1) is 5.10 Å². The van der Waals surface area contributed by atoms with Crippen LogP contribution in [0.4, 0.5) is 4.39 Å². The van der Waals surface area contributed by atoms with Crippen molar-refractivity contribution in [1.82, 2.24) is 20.3 Å². The summed E-state index contributed by atoms with van der Waals surface area (Å²) in [5.41, 5.74) is 2.61. The molecule has 4 rings (SSSR count). The molecule has 1 amide bonds. The number of para-hydroxylation sites is 1. The summed E-state index contributed by atoms with van der Waals surface area (Å²) >= 11 is 0. The molecule has 3 aromatic rings. The third-order valence-corrected chi connectivity index (χ3v) is 4.77. The van der Waals surface area contributed by atoms with Crippen LogP contribution in [-0.2, 0) is 24.4 Å². The highest BCUT2D eigenvalue weighted by Gasteiger charge is 2.27. The molecule has 0 radical (unpaired) electrons. The van der Waals surface area contributed by atoms with Crippen LogP contribution in [0, 0.1) is 5.82 Å². The van der Waals surface area contributed by atoms with E-state index in [9.17, 15) is 9.18 Å². The normalized spacial score (nSPS) is 15.6. The Labute approximate surface area is 167 Å². The van der Waals surface area contributed by atoms with Gasteiger partial charge < -0.3 is 14.8 Å². The summed E-state index contributed by atoms with van der Waals surface area (Å²) in [7, 11) is 0. The van der Waals surface area contributed by atoms with E-state index in [2.05, 4.69) is 15.6 Å². The average Bonchev–Trinajstić information content (AvgIpc) is 3.17. The monoisotopic (exact) mass is 396 g/mol. The van der Waals surface area contributed by atoms with Crippen LogP contribution in [0.2, 0.25) is 0 Å². The molecule has 0 aliphatic carbocycles. The van der Waals surface area contributed by atoms with Crippen molar-refractivity contribution in [3.8, 4) is 5.75 Å². The van der Waals surface area contributed by atoms with Crippen LogP contribution in [-0.4, -0.2) is 27.5 Å². The molecule has 150 valence electrons. The molecular weight excluding hydrogens is 375 g/mol. The fraction of sp³-hybridized carbons (Fsp3) is 0.286. The topological polar surface area (TPSA) is 78.3 Å². The van der Waals surface area contributed by atoms with Crippen molar-refractivity contribution >= 4 is 5.91 Å². The molecule has 1 aromatic heterocycles. The molecule has 8 heteroatoms. The molecule has 1 atom stereocenters. The fourth-order valence-corrected chi connectivity index (χ4v) is 3.27. The van der Waals surface area contributed by atoms with Gasteiger partial charge in [-0.1, -0.05) is 35.5 Å². The van der Waals surface area contributed by atoms with E-state index in [0.717, 1.165) is 16.9 Å². The van der Waals surface area contributed by atoms with Crippen molar-refractivity contribution in [2.24, 2.45) is 0 Å². The Morgan fingerprint density at radius 1 is 1.28 bits per heavy atom. The highest BCUT2D eigenvalue weighted by molar-refractivity contribution is 5.93. The standard InChI is InChI=1S/C21H21FN4O3/c1-2-28-18-6-4-3-5-15(18)11-23-21(27)20-17-13-29-19(12-26(17)25-24-20)14-7-9-16(22)10-8-14/h3-10,19H,2,11-13H2,1H3,(H,23,27)/t19-/m1/s1. The maximum atomic E-state index is 13.1. The minimum Gasteiger partial charge on any atom is -0.494 e. The van der Waals surface area contributed by atoms with Gasteiger partial charge >= 0.3 is 0 Å². The van der Waals surface area contributed by atoms with Gasteiger partial charge in [0.25, 0.3) is 5.91 Å². The summed E-state index contributed by atoms with van der Waals surface area (Å²) in [5, 5.41) is 11.0. The largest absolute Gasteiger partial charge is 0.494 e. The number of halogens is 1. The fourth-order valence-electron chi connectivity index (χ4n) is 3.27. The van der Waals surface area contributed by atoms with Crippen molar-refractivity contribution < 1.29 is 18.7 Å². The van der Waals surface area contributed by atoms with E-state index >= 15 is 0 Å². The zero-order valence-electron chi connectivity index (χ0n) is 16.0. The first-order valence-electron chi connectivity index (χ1n) is 9.44. The van der Waals surface area contributed by atoms with Gasteiger partial charge in [0, 0.05) is 12.1 Å². The number of benzene rings is 2. The molecule has 2 heterocycles. The lowest BCUT2D eigenvalue weighted by Crippen LogP contribution is -2.27. The SMILES string of the molecule is CCOc1ccccc1CNC(=O)c1nnn2c1CO[C@@H](c1ccc(F)cc1)C2. The first-order chi connectivity index (χ1) is 14.2. The predicted octanol–water partition coefficient (Wildman–Crippen LogP) is 3.02. The Bertz CT molecular complexity index is 1000. The van der Waals surface area contributed by atoms with Gasteiger partial charge in [-0.2, -0.15) is 0 Å². The van der Waals surface area contributed by atoms with E-state index in [-0.39, 0.29) is 30.1 Å². The second kappa shape index (κ2) is 8.40. The van der Waals surface area contributed by atoms with E-state index in [4.69, 9.17) is 9.47 Å². The highest BCUT2D eigenvalue weighted by atomic mass is 19.1. The molecule has 0 saturated heterocycles. The number of nitrogens with zero attached hydrogens (tertiary/aromatic N) is 3. The second-order valence-electron chi connectivity index (χ2n) is 6.64. The van der Waals surface area contributed by atoms with Crippen LogP contribution >= 0.6 is 0 Å². The van der Waals surface area contributed by atoms with E-state index < -0.39 is 0 Å². The van der Waals surface area contributed by atoms with Gasteiger partial charge in [0.15, 0.2) is 5.69 Å². The van der Waals surface area contributed by atoms with Crippen LogP contribution in [0.3, 0.4) is 0 Å². The number of hydrogen-bond acceptors (Lipinski definition) is 5. The third kappa shape index (κ3) is 4.12. The maximum Gasteiger partial charge on any atom is 0.274 e. The lowest BCUT2D eigenvalue weighted by Gasteiger charge is -2.24. The Kier molecular flexibility index (Phi) is 5.53. The molecule has 1 aliphatic rings. The van der Waals surface area contributed by atoms with Crippen LogP contribution in [0.1, 0.15) is 40.3 Å². The molecule has 0 spiro atoms. The summed E-state index contributed by atoms with van der Waals surface area (Å²) in [6.07, 6.45) is -0.265. The molecule has 0 saturated carbocycles. The number of aromatic nitrogens is 3. The van der Waals surface area contributed by atoms with Crippen molar-refractivity contribution in [2.45, 2.75) is 32.7 Å². The smallest absolute Gasteiger partial charge is 0.274 e. The van der Waals surface area contributed by atoms with Crippen LogP contribution in [0.5, 0.6) is 5.75 Å². The van der Waals surface area contributed by atoms with Gasteiger partial charge in [-0.05, 0) is 30.7 Å².